The Morgan fingerprint density at radius 1 is 1.44 bits per heavy atom. The molecule has 0 spiro atoms. The van der Waals surface area contributed by atoms with Crippen LogP contribution in [-0.2, 0) is 9.53 Å². The Hall–Kier alpha value is -0.630. The zero-order valence-corrected chi connectivity index (χ0v) is 6.05. The highest BCUT2D eigenvalue weighted by molar-refractivity contribution is 5.64. The lowest BCUT2D eigenvalue weighted by Gasteiger charge is -2.16. The molecule has 0 heterocycles. The lowest BCUT2D eigenvalue weighted by atomic mass is 10.1. The van der Waals surface area contributed by atoms with Gasteiger partial charge in [-0.15, -0.1) is 0 Å². The summed E-state index contributed by atoms with van der Waals surface area (Å²) in [5.41, 5.74) is -0.319. The van der Waals surface area contributed by atoms with Crippen LogP contribution in [0.1, 0.15) is 13.8 Å². The predicted molar refractivity (Wildman–Crippen MR) is 36.3 cm³/mol. The summed E-state index contributed by atoms with van der Waals surface area (Å²) in [5.74, 6) is 0. The molecule has 0 bridgehead atoms. The first-order chi connectivity index (χ1) is 4.12. The maximum atomic E-state index is 9.83. The van der Waals surface area contributed by atoms with Gasteiger partial charge >= 0.3 is 0 Å². The number of carbonyl (C=O) groups excluding carboxylic acids is 1. The summed E-state index contributed by atoms with van der Waals surface area (Å²) in [7, 11) is 1.61. The van der Waals surface area contributed by atoms with Crippen molar-refractivity contribution in [3.63, 3.8) is 0 Å². The van der Waals surface area contributed by atoms with Crippen LogP contribution in [0.3, 0.4) is 0 Å². The minimum atomic E-state index is -0.319. The quantitative estimate of drug-likeness (QED) is 0.421. The zero-order valence-electron chi connectivity index (χ0n) is 6.05. The van der Waals surface area contributed by atoms with E-state index in [-0.39, 0.29) is 5.60 Å². The molecule has 52 valence electrons. The highest BCUT2D eigenvalue weighted by atomic mass is 16.5. The maximum Gasteiger partial charge on any atom is 0.142 e. The van der Waals surface area contributed by atoms with Crippen molar-refractivity contribution in [3.05, 3.63) is 12.2 Å². The molecule has 0 saturated heterocycles. The van der Waals surface area contributed by atoms with Gasteiger partial charge in [0, 0.05) is 7.11 Å². The van der Waals surface area contributed by atoms with Gasteiger partial charge in [0.1, 0.15) is 6.29 Å². The van der Waals surface area contributed by atoms with Gasteiger partial charge in [0.15, 0.2) is 0 Å². The molecule has 0 radical (unpaired) electrons. The van der Waals surface area contributed by atoms with Crippen LogP contribution in [0, 0.1) is 0 Å². The third-order valence-electron chi connectivity index (χ3n) is 1.10. The Balaban J connectivity index is 3.84. The summed E-state index contributed by atoms with van der Waals surface area (Å²) in [6.45, 7) is 3.76. The number of carbonyl (C=O) groups is 1. The number of rotatable bonds is 3. The zero-order chi connectivity index (χ0) is 7.33. The van der Waals surface area contributed by atoms with Gasteiger partial charge in [-0.1, -0.05) is 6.08 Å². The van der Waals surface area contributed by atoms with Crippen LogP contribution in [0.2, 0.25) is 0 Å². The predicted octanol–water partition coefficient (Wildman–Crippen LogP) is 1.17. The standard InChI is InChI=1S/C7H12O2/c1-7(2,9-3)5-4-6-8/h4-6H,1-3H3/b5-4-. The summed E-state index contributed by atoms with van der Waals surface area (Å²) in [4.78, 5) is 9.83. The molecule has 0 amide bonds. The largest absolute Gasteiger partial charge is 0.375 e. The number of aldehydes is 1. The topological polar surface area (TPSA) is 26.3 Å². The fraction of sp³-hybridized carbons (Fsp3) is 0.571. The fourth-order valence-corrected chi connectivity index (χ4v) is 0.339. The third kappa shape index (κ3) is 3.91. The highest BCUT2D eigenvalue weighted by Gasteiger charge is 2.09. The van der Waals surface area contributed by atoms with E-state index in [1.165, 1.54) is 6.08 Å². The second-order valence-electron chi connectivity index (χ2n) is 2.30. The van der Waals surface area contributed by atoms with Crippen molar-refractivity contribution in [3.8, 4) is 0 Å². The van der Waals surface area contributed by atoms with E-state index in [4.69, 9.17) is 4.74 Å². The minimum absolute atomic E-state index is 0.319. The molecule has 0 aliphatic carbocycles. The van der Waals surface area contributed by atoms with Crippen molar-refractivity contribution >= 4 is 6.29 Å². The number of hydrogen-bond donors (Lipinski definition) is 0. The molecule has 0 aromatic carbocycles. The van der Waals surface area contributed by atoms with E-state index in [9.17, 15) is 4.79 Å². The fourth-order valence-electron chi connectivity index (χ4n) is 0.339. The SMILES string of the molecule is COC(C)(C)/C=C\C=O. The molecular formula is C7H12O2. The molecule has 0 aliphatic rings. The third-order valence-corrected chi connectivity index (χ3v) is 1.10. The molecule has 0 aromatic heterocycles. The van der Waals surface area contributed by atoms with Crippen molar-refractivity contribution < 1.29 is 9.53 Å². The van der Waals surface area contributed by atoms with E-state index in [0.29, 0.717) is 0 Å². The Labute approximate surface area is 55.5 Å². The molecule has 0 unspecified atom stereocenters. The van der Waals surface area contributed by atoms with Crippen LogP contribution in [0.4, 0.5) is 0 Å². The number of ether oxygens (including phenoxy) is 1. The Morgan fingerprint density at radius 2 is 2.00 bits per heavy atom. The Bertz CT molecular complexity index is 114. The molecule has 0 saturated carbocycles. The van der Waals surface area contributed by atoms with Gasteiger partial charge in [-0.05, 0) is 19.9 Å². The van der Waals surface area contributed by atoms with Crippen LogP contribution in [-0.4, -0.2) is 19.0 Å². The van der Waals surface area contributed by atoms with E-state index in [2.05, 4.69) is 0 Å². The van der Waals surface area contributed by atoms with Crippen LogP contribution in [0.25, 0.3) is 0 Å². The van der Waals surface area contributed by atoms with Crippen molar-refractivity contribution in [2.75, 3.05) is 7.11 Å². The van der Waals surface area contributed by atoms with Gasteiger partial charge in [0.25, 0.3) is 0 Å². The molecule has 0 fully saturated rings. The Kier molecular flexibility index (Phi) is 3.17. The molecule has 2 heteroatoms. The van der Waals surface area contributed by atoms with Gasteiger partial charge in [-0.25, -0.2) is 0 Å². The monoisotopic (exact) mass is 128 g/mol. The molecular weight excluding hydrogens is 116 g/mol. The van der Waals surface area contributed by atoms with Crippen LogP contribution in [0.5, 0.6) is 0 Å². The first kappa shape index (κ1) is 8.37. The summed E-state index contributed by atoms with van der Waals surface area (Å²) in [6.07, 6.45) is 3.88. The van der Waals surface area contributed by atoms with Gasteiger partial charge in [0.2, 0.25) is 0 Å². The summed E-state index contributed by atoms with van der Waals surface area (Å²) in [5, 5.41) is 0. The first-order valence-corrected chi connectivity index (χ1v) is 2.80. The second kappa shape index (κ2) is 3.41. The van der Waals surface area contributed by atoms with E-state index >= 15 is 0 Å². The van der Waals surface area contributed by atoms with Crippen molar-refractivity contribution in [2.45, 2.75) is 19.4 Å². The van der Waals surface area contributed by atoms with Gasteiger partial charge in [0.05, 0.1) is 5.60 Å². The average Bonchev–Trinajstić information content (AvgIpc) is 1.84. The summed E-state index contributed by atoms with van der Waals surface area (Å²) < 4.78 is 4.99. The highest BCUT2D eigenvalue weighted by Crippen LogP contribution is 2.07. The number of allylic oxidation sites excluding steroid dienone is 1. The number of methoxy groups -OCH3 is 1. The first-order valence-electron chi connectivity index (χ1n) is 2.80. The van der Waals surface area contributed by atoms with E-state index in [1.807, 2.05) is 13.8 Å². The second-order valence-corrected chi connectivity index (χ2v) is 2.30. The van der Waals surface area contributed by atoms with E-state index < -0.39 is 0 Å². The van der Waals surface area contributed by atoms with Gasteiger partial charge in [-0.2, -0.15) is 0 Å². The van der Waals surface area contributed by atoms with E-state index in [1.54, 1.807) is 13.2 Å². The normalized spacial score (nSPS) is 12.3. The Morgan fingerprint density at radius 3 is 2.33 bits per heavy atom. The van der Waals surface area contributed by atoms with Crippen LogP contribution in [0.15, 0.2) is 12.2 Å². The van der Waals surface area contributed by atoms with Gasteiger partial charge in [-0.3, -0.25) is 4.79 Å². The molecule has 0 rings (SSSR count). The summed E-state index contributed by atoms with van der Waals surface area (Å²) >= 11 is 0. The minimum Gasteiger partial charge on any atom is -0.375 e. The molecule has 0 aromatic rings. The molecule has 0 aliphatic heterocycles. The van der Waals surface area contributed by atoms with Crippen molar-refractivity contribution in [2.24, 2.45) is 0 Å². The smallest absolute Gasteiger partial charge is 0.142 e. The van der Waals surface area contributed by atoms with Crippen LogP contribution >= 0.6 is 0 Å². The molecule has 9 heavy (non-hydrogen) atoms. The van der Waals surface area contributed by atoms with E-state index in [0.717, 1.165) is 6.29 Å². The lowest BCUT2D eigenvalue weighted by Crippen LogP contribution is -2.18. The average molecular weight is 128 g/mol. The molecule has 0 atom stereocenters. The van der Waals surface area contributed by atoms with Crippen molar-refractivity contribution in [1.29, 1.82) is 0 Å². The molecule has 0 N–H and O–H groups in total. The number of hydrogen-bond acceptors (Lipinski definition) is 2. The van der Waals surface area contributed by atoms with Crippen molar-refractivity contribution in [1.82, 2.24) is 0 Å². The maximum absolute atomic E-state index is 9.83. The van der Waals surface area contributed by atoms with Gasteiger partial charge < -0.3 is 4.74 Å². The lowest BCUT2D eigenvalue weighted by molar-refractivity contribution is -0.104. The molecule has 2 nitrogen and oxygen atoms in total. The van der Waals surface area contributed by atoms with Crippen LogP contribution < -0.4 is 0 Å². The summed E-state index contributed by atoms with van der Waals surface area (Å²) in [6, 6.07) is 0.